The van der Waals surface area contributed by atoms with Crippen molar-refractivity contribution < 1.29 is 18.7 Å². The predicted molar refractivity (Wildman–Crippen MR) is 84.7 cm³/mol. The normalized spacial score (nSPS) is 19.7. The van der Waals surface area contributed by atoms with Crippen LogP contribution in [0.15, 0.2) is 48.5 Å². The molecule has 7 heteroatoms. The van der Waals surface area contributed by atoms with Gasteiger partial charge >= 0.3 is 0 Å². The molecular formula is C17H16FN3O3. The third-order valence-electron chi connectivity index (χ3n) is 3.83. The summed E-state index contributed by atoms with van der Waals surface area (Å²) in [6.45, 7) is 0. The van der Waals surface area contributed by atoms with Crippen molar-refractivity contribution in [3.05, 3.63) is 65.5 Å². The second kappa shape index (κ2) is 6.67. The van der Waals surface area contributed by atoms with Crippen LogP contribution in [0.4, 0.5) is 4.39 Å². The molecule has 0 spiro atoms. The lowest BCUT2D eigenvalue weighted by Gasteiger charge is -2.18. The Morgan fingerprint density at radius 2 is 1.79 bits per heavy atom. The fraction of sp³-hybridized carbons (Fsp3) is 0.176. The van der Waals surface area contributed by atoms with Crippen LogP contribution < -0.4 is 20.9 Å². The number of hydrogen-bond acceptors (Lipinski definition) is 4. The van der Waals surface area contributed by atoms with E-state index < -0.39 is 23.8 Å². The summed E-state index contributed by atoms with van der Waals surface area (Å²) in [6, 6.07) is 11.1. The Labute approximate surface area is 138 Å². The van der Waals surface area contributed by atoms with Crippen LogP contribution in [0.1, 0.15) is 22.0 Å². The lowest BCUT2D eigenvalue weighted by Crippen LogP contribution is -2.42. The van der Waals surface area contributed by atoms with Crippen molar-refractivity contribution in [2.75, 3.05) is 7.11 Å². The third kappa shape index (κ3) is 3.21. The second-order valence-corrected chi connectivity index (χ2v) is 5.34. The highest BCUT2D eigenvalue weighted by molar-refractivity contribution is 5.98. The number of hydrazine groups is 1. The van der Waals surface area contributed by atoms with E-state index in [1.165, 1.54) is 24.3 Å². The lowest BCUT2D eigenvalue weighted by molar-refractivity contribution is -0.121. The van der Waals surface area contributed by atoms with Crippen LogP contribution in [0.5, 0.6) is 5.75 Å². The van der Waals surface area contributed by atoms with Crippen molar-refractivity contribution in [1.29, 1.82) is 0 Å². The Kier molecular flexibility index (Phi) is 4.43. The smallest absolute Gasteiger partial charge is 0.258 e. The van der Waals surface area contributed by atoms with Gasteiger partial charge < -0.3 is 10.1 Å². The zero-order chi connectivity index (χ0) is 17.1. The van der Waals surface area contributed by atoms with E-state index in [9.17, 15) is 14.0 Å². The Bertz CT molecular complexity index is 747. The zero-order valence-corrected chi connectivity index (χ0v) is 12.9. The van der Waals surface area contributed by atoms with Crippen LogP contribution in [-0.2, 0) is 4.79 Å². The Balaban J connectivity index is 1.77. The van der Waals surface area contributed by atoms with E-state index >= 15 is 0 Å². The van der Waals surface area contributed by atoms with Gasteiger partial charge in [0.05, 0.1) is 13.2 Å². The summed E-state index contributed by atoms with van der Waals surface area (Å²) >= 11 is 0. The fourth-order valence-corrected chi connectivity index (χ4v) is 2.52. The Morgan fingerprint density at radius 1 is 1.12 bits per heavy atom. The van der Waals surface area contributed by atoms with Crippen LogP contribution in [0, 0.1) is 5.82 Å². The van der Waals surface area contributed by atoms with E-state index in [1.807, 2.05) is 12.1 Å². The number of methoxy groups -OCH3 is 1. The van der Waals surface area contributed by atoms with Crippen molar-refractivity contribution in [2.45, 2.75) is 12.1 Å². The summed E-state index contributed by atoms with van der Waals surface area (Å²) in [7, 11) is 1.57. The average Bonchev–Trinajstić information content (AvgIpc) is 2.96. The first-order valence-electron chi connectivity index (χ1n) is 7.34. The first kappa shape index (κ1) is 15.9. The maximum atomic E-state index is 12.9. The number of hydrogen-bond donors (Lipinski definition) is 3. The monoisotopic (exact) mass is 329 g/mol. The molecule has 2 aromatic rings. The standard InChI is InChI=1S/C17H16FN3O3/c1-24-13-8-4-10(5-9-13)14-15(17(23)21-20-14)19-16(22)11-2-6-12(18)7-3-11/h2-9,14-15,20H,1H3,(H,19,22)(H,21,23)/t14-,15-/m0/s1. The van der Waals surface area contributed by atoms with Gasteiger partial charge in [-0.2, -0.15) is 0 Å². The number of benzene rings is 2. The maximum absolute atomic E-state index is 12.9. The summed E-state index contributed by atoms with van der Waals surface area (Å²) in [5.41, 5.74) is 6.48. The molecule has 0 bridgehead atoms. The van der Waals surface area contributed by atoms with E-state index in [0.29, 0.717) is 5.75 Å². The first-order valence-corrected chi connectivity index (χ1v) is 7.34. The van der Waals surface area contributed by atoms with Crippen molar-refractivity contribution in [2.24, 2.45) is 0 Å². The molecule has 0 saturated carbocycles. The number of rotatable bonds is 4. The van der Waals surface area contributed by atoms with E-state index in [4.69, 9.17) is 4.74 Å². The minimum atomic E-state index is -0.782. The molecular weight excluding hydrogens is 313 g/mol. The van der Waals surface area contributed by atoms with Gasteiger partial charge in [-0.05, 0) is 42.0 Å². The van der Waals surface area contributed by atoms with Gasteiger partial charge in [0.1, 0.15) is 17.6 Å². The molecule has 0 aliphatic carbocycles. The summed E-state index contributed by atoms with van der Waals surface area (Å²) in [5, 5.41) is 2.67. The molecule has 24 heavy (non-hydrogen) atoms. The second-order valence-electron chi connectivity index (χ2n) is 5.34. The SMILES string of the molecule is COc1ccc([C@@H]2NNC(=O)[C@H]2NC(=O)c2ccc(F)cc2)cc1. The highest BCUT2D eigenvalue weighted by Crippen LogP contribution is 2.23. The first-order chi connectivity index (χ1) is 11.6. The summed E-state index contributed by atoms with van der Waals surface area (Å²) in [4.78, 5) is 24.3. The van der Waals surface area contributed by atoms with Gasteiger partial charge in [-0.15, -0.1) is 0 Å². The van der Waals surface area contributed by atoms with Crippen molar-refractivity contribution >= 4 is 11.8 Å². The molecule has 1 fully saturated rings. The number of halogens is 1. The molecule has 2 amide bonds. The van der Waals surface area contributed by atoms with Gasteiger partial charge in [-0.1, -0.05) is 12.1 Å². The molecule has 0 aromatic heterocycles. The lowest BCUT2D eigenvalue weighted by atomic mass is 10.00. The topological polar surface area (TPSA) is 79.5 Å². The van der Waals surface area contributed by atoms with Crippen LogP contribution in [-0.4, -0.2) is 25.0 Å². The fourth-order valence-electron chi connectivity index (χ4n) is 2.52. The van der Waals surface area contributed by atoms with Gasteiger partial charge in [-0.25, -0.2) is 9.82 Å². The molecule has 2 aromatic carbocycles. The number of amides is 2. The van der Waals surface area contributed by atoms with E-state index in [2.05, 4.69) is 16.2 Å². The molecule has 3 N–H and O–H groups in total. The number of carbonyl (C=O) groups excluding carboxylic acids is 2. The van der Waals surface area contributed by atoms with Gasteiger partial charge in [-0.3, -0.25) is 15.0 Å². The minimum absolute atomic E-state index is 0.282. The average molecular weight is 329 g/mol. The van der Waals surface area contributed by atoms with Gasteiger partial charge in [0, 0.05) is 5.56 Å². The third-order valence-corrected chi connectivity index (χ3v) is 3.83. The zero-order valence-electron chi connectivity index (χ0n) is 12.9. The van der Waals surface area contributed by atoms with Crippen LogP contribution in [0.3, 0.4) is 0 Å². The molecule has 0 radical (unpaired) electrons. The molecule has 1 aliphatic rings. The Morgan fingerprint density at radius 3 is 2.42 bits per heavy atom. The van der Waals surface area contributed by atoms with Crippen LogP contribution >= 0.6 is 0 Å². The highest BCUT2D eigenvalue weighted by Gasteiger charge is 2.36. The minimum Gasteiger partial charge on any atom is -0.497 e. The quantitative estimate of drug-likeness (QED) is 0.790. The summed E-state index contributed by atoms with van der Waals surface area (Å²) < 4.78 is 18.1. The summed E-state index contributed by atoms with van der Waals surface area (Å²) in [6.07, 6.45) is 0. The van der Waals surface area contributed by atoms with Gasteiger partial charge in [0.25, 0.3) is 11.8 Å². The van der Waals surface area contributed by atoms with Crippen molar-refractivity contribution in [3.63, 3.8) is 0 Å². The molecule has 1 saturated heterocycles. The maximum Gasteiger partial charge on any atom is 0.258 e. The number of nitrogens with one attached hydrogen (secondary N) is 3. The Hall–Kier alpha value is -2.93. The van der Waals surface area contributed by atoms with E-state index in [-0.39, 0.29) is 11.5 Å². The predicted octanol–water partition coefficient (Wildman–Crippen LogP) is 1.31. The molecule has 1 heterocycles. The van der Waals surface area contributed by atoms with Gasteiger partial charge in [0.15, 0.2) is 0 Å². The van der Waals surface area contributed by atoms with Crippen molar-refractivity contribution in [3.8, 4) is 5.75 Å². The van der Waals surface area contributed by atoms with Gasteiger partial charge in [0.2, 0.25) is 0 Å². The molecule has 6 nitrogen and oxygen atoms in total. The summed E-state index contributed by atoms with van der Waals surface area (Å²) in [5.74, 6) is -0.519. The van der Waals surface area contributed by atoms with Crippen LogP contribution in [0.25, 0.3) is 0 Å². The largest absolute Gasteiger partial charge is 0.497 e. The highest BCUT2D eigenvalue weighted by atomic mass is 19.1. The van der Waals surface area contributed by atoms with E-state index in [1.54, 1.807) is 19.2 Å². The van der Waals surface area contributed by atoms with Crippen molar-refractivity contribution in [1.82, 2.24) is 16.2 Å². The number of carbonyl (C=O) groups is 2. The molecule has 124 valence electrons. The molecule has 2 atom stereocenters. The molecule has 0 unspecified atom stereocenters. The number of ether oxygens (including phenoxy) is 1. The molecule has 1 aliphatic heterocycles. The van der Waals surface area contributed by atoms with E-state index in [0.717, 1.165) is 5.56 Å². The van der Waals surface area contributed by atoms with Crippen LogP contribution in [0.2, 0.25) is 0 Å². The molecule has 3 rings (SSSR count).